The maximum Gasteiger partial charge on any atom is 0.341 e. The number of rotatable bonds is 3. The van der Waals surface area contributed by atoms with Crippen LogP contribution >= 0.6 is 0 Å². The van der Waals surface area contributed by atoms with Gasteiger partial charge >= 0.3 is 5.97 Å². The van der Waals surface area contributed by atoms with E-state index in [4.69, 9.17) is 0 Å². The van der Waals surface area contributed by atoms with Crippen molar-refractivity contribution in [2.75, 3.05) is 38.1 Å². The van der Waals surface area contributed by atoms with Crippen molar-refractivity contribution in [2.45, 2.75) is 18.9 Å². The van der Waals surface area contributed by atoms with Gasteiger partial charge in [-0.3, -0.25) is 4.79 Å². The molecule has 0 amide bonds. The first-order valence-corrected chi connectivity index (χ1v) is 9.89. The Balaban J connectivity index is 1.77. The number of aromatic nitrogens is 2. The topological polar surface area (TPSA) is 78.7 Å². The molecular weight excluding hydrogens is 394 g/mol. The number of carboxylic acids is 1. The van der Waals surface area contributed by atoms with Crippen molar-refractivity contribution >= 4 is 33.6 Å². The third kappa shape index (κ3) is 2.92. The van der Waals surface area contributed by atoms with Crippen molar-refractivity contribution in [2.24, 2.45) is 0 Å². The van der Waals surface area contributed by atoms with Gasteiger partial charge in [-0.1, -0.05) is 0 Å². The van der Waals surface area contributed by atoms with E-state index < -0.39 is 23.0 Å². The molecule has 1 N–H and O–H groups in total. The third-order valence-corrected chi connectivity index (χ3v) is 5.95. The SMILES string of the molecule is CN1CCN(c2c(F)cc3cc4c(=O)c(C(=O)O)cn(C5CC5)c4nc3c2F)CC1. The number of aromatic carboxylic acids is 1. The summed E-state index contributed by atoms with van der Waals surface area (Å²) in [6.45, 7) is 2.39. The molecule has 2 aliphatic rings. The molecule has 0 atom stereocenters. The maximum absolute atomic E-state index is 15.5. The normalized spacial score (nSPS) is 17.8. The van der Waals surface area contributed by atoms with Gasteiger partial charge in [0.05, 0.1) is 5.39 Å². The second-order valence-corrected chi connectivity index (χ2v) is 8.06. The first-order chi connectivity index (χ1) is 14.3. The number of anilines is 1. The van der Waals surface area contributed by atoms with Crippen LogP contribution in [0.25, 0.3) is 21.9 Å². The molecule has 7 nitrogen and oxygen atoms in total. The molecule has 1 aromatic carbocycles. The van der Waals surface area contributed by atoms with Gasteiger partial charge in [-0.25, -0.2) is 18.6 Å². The molecule has 1 aliphatic carbocycles. The number of nitrogens with zero attached hydrogens (tertiary/aromatic N) is 4. The molecule has 2 aromatic heterocycles. The van der Waals surface area contributed by atoms with Gasteiger partial charge in [0.25, 0.3) is 0 Å². The molecule has 1 aliphatic heterocycles. The maximum atomic E-state index is 15.5. The molecule has 30 heavy (non-hydrogen) atoms. The molecule has 2 fully saturated rings. The number of likely N-dealkylation sites (N-methyl/N-ethyl adjacent to an activating group) is 1. The average Bonchev–Trinajstić information content (AvgIpc) is 3.54. The Kier molecular flexibility index (Phi) is 4.25. The Morgan fingerprint density at radius 3 is 2.50 bits per heavy atom. The number of hydrogen-bond acceptors (Lipinski definition) is 5. The van der Waals surface area contributed by atoms with Crippen LogP contribution < -0.4 is 10.3 Å². The first kappa shape index (κ1) is 18.9. The molecule has 3 heterocycles. The van der Waals surface area contributed by atoms with Crippen molar-refractivity contribution in [1.82, 2.24) is 14.5 Å². The zero-order valence-corrected chi connectivity index (χ0v) is 16.4. The summed E-state index contributed by atoms with van der Waals surface area (Å²) in [7, 11) is 1.96. The van der Waals surface area contributed by atoms with Crippen LogP contribution in [0.3, 0.4) is 0 Å². The van der Waals surface area contributed by atoms with Crippen LogP contribution in [0.15, 0.2) is 23.1 Å². The fourth-order valence-electron chi connectivity index (χ4n) is 4.10. The Labute approximate surface area is 170 Å². The van der Waals surface area contributed by atoms with E-state index in [1.807, 2.05) is 7.05 Å². The quantitative estimate of drug-likeness (QED) is 0.664. The second-order valence-electron chi connectivity index (χ2n) is 8.06. The lowest BCUT2D eigenvalue weighted by Gasteiger charge is -2.34. The van der Waals surface area contributed by atoms with Gasteiger partial charge in [0, 0.05) is 43.8 Å². The summed E-state index contributed by atoms with van der Waals surface area (Å²) in [5.74, 6) is -2.81. The van der Waals surface area contributed by atoms with Gasteiger partial charge < -0.3 is 19.5 Å². The zero-order valence-electron chi connectivity index (χ0n) is 16.4. The molecule has 0 radical (unpaired) electrons. The summed E-state index contributed by atoms with van der Waals surface area (Å²) < 4.78 is 32.0. The highest BCUT2D eigenvalue weighted by atomic mass is 19.1. The van der Waals surface area contributed by atoms with Gasteiger partial charge in [-0.2, -0.15) is 0 Å². The first-order valence-electron chi connectivity index (χ1n) is 9.89. The number of carbonyl (C=O) groups is 1. The summed E-state index contributed by atoms with van der Waals surface area (Å²) in [5, 5.41) is 9.58. The highest BCUT2D eigenvalue weighted by Gasteiger charge is 2.29. The van der Waals surface area contributed by atoms with Crippen molar-refractivity contribution in [1.29, 1.82) is 0 Å². The number of hydrogen-bond donors (Lipinski definition) is 1. The largest absolute Gasteiger partial charge is 0.477 e. The molecule has 5 rings (SSSR count). The van der Waals surface area contributed by atoms with E-state index in [0.29, 0.717) is 26.2 Å². The molecule has 0 unspecified atom stereocenters. The van der Waals surface area contributed by atoms with E-state index in [1.54, 1.807) is 9.47 Å². The van der Waals surface area contributed by atoms with Crippen molar-refractivity contribution in [3.05, 3.63) is 45.8 Å². The minimum absolute atomic E-state index is 0.0188. The zero-order chi connectivity index (χ0) is 21.2. The molecule has 0 bridgehead atoms. The highest BCUT2D eigenvalue weighted by molar-refractivity contribution is 5.97. The lowest BCUT2D eigenvalue weighted by Crippen LogP contribution is -2.45. The van der Waals surface area contributed by atoms with Crippen LogP contribution in [-0.4, -0.2) is 58.8 Å². The fraction of sp³-hybridized carbons (Fsp3) is 0.381. The minimum atomic E-state index is -1.33. The predicted molar refractivity (Wildman–Crippen MR) is 108 cm³/mol. The Morgan fingerprint density at radius 2 is 1.87 bits per heavy atom. The predicted octanol–water partition coefficient (Wildman–Crippen LogP) is 2.61. The van der Waals surface area contributed by atoms with Crippen LogP contribution in [0.4, 0.5) is 14.5 Å². The smallest absolute Gasteiger partial charge is 0.341 e. The van der Waals surface area contributed by atoms with Gasteiger partial charge in [0.2, 0.25) is 5.43 Å². The molecule has 1 saturated carbocycles. The van der Waals surface area contributed by atoms with E-state index in [9.17, 15) is 19.1 Å². The standard InChI is InChI=1S/C21H20F2N4O3/c1-25-4-6-26(7-5-25)18-15(22)9-11-8-13-19(28)14(21(29)30)10-27(12-2-3-12)20(13)24-17(11)16(18)23/h8-10,12H,2-7H2,1H3,(H,29,30). The fourth-order valence-corrected chi connectivity index (χ4v) is 4.10. The molecule has 3 aromatic rings. The minimum Gasteiger partial charge on any atom is -0.477 e. The Bertz CT molecular complexity index is 1260. The van der Waals surface area contributed by atoms with Gasteiger partial charge in [-0.15, -0.1) is 0 Å². The number of piperazine rings is 1. The molecule has 156 valence electrons. The summed E-state index contributed by atoms with van der Waals surface area (Å²) >= 11 is 0. The number of fused-ring (bicyclic) bond motifs is 2. The van der Waals surface area contributed by atoms with Crippen LogP contribution in [-0.2, 0) is 0 Å². The van der Waals surface area contributed by atoms with Crippen LogP contribution in [0.5, 0.6) is 0 Å². The molecule has 0 spiro atoms. The van der Waals surface area contributed by atoms with Gasteiger partial charge in [0.15, 0.2) is 5.82 Å². The van der Waals surface area contributed by atoms with Crippen LogP contribution in [0.1, 0.15) is 29.2 Å². The molecule has 1 saturated heterocycles. The summed E-state index contributed by atoms with van der Waals surface area (Å²) in [6, 6.07) is 2.55. The third-order valence-electron chi connectivity index (χ3n) is 5.95. The molecular formula is C21H20F2N4O3. The summed E-state index contributed by atoms with van der Waals surface area (Å²) in [6.07, 6.45) is 2.94. The summed E-state index contributed by atoms with van der Waals surface area (Å²) in [4.78, 5) is 32.4. The van der Waals surface area contributed by atoms with E-state index in [-0.39, 0.29) is 39.2 Å². The monoisotopic (exact) mass is 414 g/mol. The highest BCUT2D eigenvalue weighted by Crippen LogP contribution is 2.38. The van der Waals surface area contributed by atoms with Crippen LogP contribution in [0, 0.1) is 11.6 Å². The van der Waals surface area contributed by atoms with E-state index >= 15 is 4.39 Å². The van der Waals surface area contributed by atoms with Crippen molar-refractivity contribution in [3.63, 3.8) is 0 Å². The second kappa shape index (κ2) is 6.73. The Morgan fingerprint density at radius 1 is 1.17 bits per heavy atom. The van der Waals surface area contributed by atoms with E-state index in [0.717, 1.165) is 12.8 Å². The lowest BCUT2D eigenvalue weighted by molar-refractivity contribution is 0.0695. The molecule has 9 heteroatoms. The van der Waals surface area contributed by atoms with E-state index in [1.165, 1.54) is 18.3 Å². The van der Waals surface area contributed by atoms with E-state index in [2.05, 4.69) is 9.88 Å². The number of halogens is 2. The van der Waals surface area contributed by atoms with Crippen LogP contribution in [0.2, 0.25) is 0 Å². The number of carboxylic acid groups (broad SMARTS) is 1. The van der Waals surface area contributed by atoms with Gasteiger partial charge in [0.1, 0.15) is 28.2 Å². The number of benzene rings is 1. The summed E-state index contributed by atoms with van der Waals surface area (Å²) in [5.41, 5.74) is -0.965. The lowest BCUT2D eigenvalue weighted by atomic mass is 10.1. The van der Waals surface area contributed by atoms with Crippen molar-refractivity contribution in [3.8, 4) is 0 Å². The van der Waals surface area contributed by atoms with Gasteiger partial charge in [-0.05, 0) is 32.0 Å². The Hall–Kier alpha value is -3.07. The number of pyridine rings is 2. The average molecular weight is 414 g/mol. The van der Waals surface area contributed by atoms with Crippen molar-refractivity contribution < 1.29 is 18.7 Å².